The van der Waals surface area contributed by atoms with Crippen molar-refractivity contribution in [1.82, 2.24) is 10.2 Å². The lowest BCUT2D eigenvalue weighted by Gasteiger charge is -2.33. The molecule has 0 radical (unpaired) electrons. The van der Waals surface area contributed by atoms with Gasteiger partial charge >= 0.3 is 0 Å². The van der Waals surface area contributed by atoms with Crippen LogP contribution in [0.4, 0.5) is 0 Å². The zero-order chi connectivity index (χ0) is 18.2. The summed E-state index contributed by atoms with van der Waals surface area (Å²) >= 11 is 1.72. The summed E-state index contributed by atoms with van der Waals surface area (Å²) in [6.45, 7) is 3.97. The molecule has 1 aromatic heterocycles. The molecule has 2 heterocycles. The van der Waals surface area contributed by atoms with E-state index in [1.807, 2.05) is 6.07 Å². The van der Waals surface area contributed by atoms with Gasteiger partial charge in [-0.15, -0.1) is 11.3 Å². The number of piperidine rings is 1. The number of ether oxygens (including phenoxy) is 1. The number of benzene rings is 1. The van der Waals surface area contributed by atoms with Gasteiger partial charge in [0.25, 0.3) is 0 Å². The Balaban J connectivity index is 1.49. The normalized spacial score (nSPS) is 17.5. The zero-order valence-corrected chi connectivity index (χ0v) is 16.0. The molecule has 138 valence electrons. The number of aliphatic hydroxyl groups is 1. The Hall–Kier alpha value is -1.84. The number of hydrogen-bond acceptors (Lipinski definition) is 5. The zero-order valence-electron chi connectivity index (χ0n) is 15.2. The molecule has 0 aliphatic carbocycles. The van der Waals surface area contributed by atoms with Crippen LogP contribution in [0.15, 0.2) is 35.7 Å². The van der Waals surface area contributed by atoms with Gasteiger partial charge in [0.05, 0.1) is 7.11 Å². The molecule has 1 fully saturated rings. The first kappa shape index (κ1) is 18.9. The minimum atomic E-state index is -0.0887. The summed E-state index contributed by atoms with van der Waals surface area (Å²) in [5.41, 5.74) is 2.29. The molecule has 1 atom stereocenters. The lowest BCUT2D eigenvalue weighted by molar-refractivity contribution is 0.183. The van der Waals surface area contributed by atoms with Gasteiger partial charge in [-0.25, -0.2) is 0 Å². The van der Waals surface area contributed by atoms with E-state index in [4.69, 9.17) is 9.84 Å². The molecule has 2 aromatic rings. The maximum absolute atomic E-state index is 8.77. The van der Waals surface area contributed by atoms with Crippen LogP contribution in [0.25, 0.3) is 0 Å². The number of nitrogens with zero attached hydrogens (tertiary/aromatic N) is 1. The number of nitrogens with one attached hydrogen (secondary N) is 1. The monoisotopic (exact) mass is 370 g/mol. The van der Waals surface area contributed by atoms with Gasteiger partial charge in [0, 0.05) is 41.5 Å². The molecule has 1 unspecified atom stereocenters. The van der Waals surface area contributed by atoms with Gasteiger partial charge in [-0.3, -0.25) is 4.90 Å². The summed E-state index contributed by atoms with van der Waals surface area (Å²) in [6.07, 6.45) is 2.44. The van der Waals surface area contributed by atoms with Crippen LogP contribution in [0.1, 0.15) is 28.8 Å². The predicted molar refractivity (Wildman–Crippen MR) is 106 cm³/mol. The summed E-state index contributed by atoms with van der Waals surface area (Å²) < 4.78 is 5.33. The molecule has 0 saturated carbocycles. The molecule has 0 bridgehead atoms. The second-order valence-electron chi connectivity index (χ2n) is 6.57. The third kappa shape index (κ3) is 5.58. The minimum Gasteiger partial charge on any atom is -0.497 e. The van der Waals surface area contributed by atoms with E-state index in [-0.39, 0.29) is 6.61 Å². The lowest BCUT2D eigenvalue weighted by atomic mass is 10.0. The Morgan fingerprint density at radius 3 is 3.15 bits per heavy atom. The first-order valence-electron chi connectivity index (χ1n) is 9.02. The van der Waals surface area contributed by atoms with E-state index >= 15 is 0 Å². The molecular weight excluding hydrogens is 344 g/mol. The number of aliphatic hydroxyl groups excluding tert-OH is 1. The highest BCUT2D eigenvalue weighted by Crippen LogP contribution is 2.19. The van der Waals surface area contributed by atoms with E-state index in [0.717, 1.165) is 37.5 Å². The van der Waals surface area contributed by atoms with Crippen LogP contribution in [0.5, 0.6) is 5.75 Å². The lowest BCUT2D eigenvalue weighted by Crippen LogP contribution is -2.44. The Kier molecular flexibility index (Phi) is 7.10. The van der Waals surface area contributed by atoms with Crippen molar-refractivity contribution in [3.63, 3.8) is 0 Å². The van der Waals surface area contributed by atoms with E-state index in [1.165, 1.54) is 23.3 Å². The van der Waals surface area contributed by atoms with Crippen molar-refractivity contribution in [2.75, 3.05) is 26.8 Å². The Labute approximate surface area is 159 Å². The molecule has 5 heteroatoms. The van der Waals surface area contributed by atoms with Gasteiger partial charge in [-0.2, -0.15) is 0 Å². The van der Waals surface area contributed by atoms with Gasteiger partial charge in [0.1, 0.15) is 12.4 Å². The van der Waals surface area contributed by atoms with E-state index < -0.39 is 0 Å². The highest BCUT2D eigenvalue weighted by atomic mass is 32.1. The quantitative estimate of drug-likeness (QED) is 0.768. The summed E-state index contributed by atoms with van der Waals surface area (Å²) in [5.74, 6) is 6.58. The van der Waals surface area contributed by atoms with Crippen molar-refractivity contribution in [3.05, 3.63) is 51.7 Å². The SMILES string of the molecule is COc1cccc(CN2CCCC(NCc3cc(C#CCO)cs3)C2)c1. The van der Waals surface area contributed by atoms with Gasteiger partial charge in [0.15, 0.2) is 0 Å². The fourth-order valence-electron chi connectivity index (χ4n) is 3.32. The van der Waals surface area contributed by atoms with Crippen LogP contribution in [0, 0.1) is 11.8 Å². The highest BCUT2D eigenvalue weighted by molar-refractivity contribution is 7.10. The third-order valence-corrected chi connectivity index (χ3v) is 5.51. The van der Waals surface area contributed by atoms with Crippen molar-refractivity contribution in [2.45, 2.75) is 32.0 Å². The van der Waals surface area contributed by atoms with Crippen molar-refractivity contribution in [1.29, 1.82) is 0 Å². The summed E-state index contributed by atoms with van der Waals surface area (Å²) in [6, 6.07) is 11.0. The highest BCUT2D eigenvalue weighted by Gasteiger charge is 2.19. The van der Waals surface area contributed by atoms with Crippen LogP contribution in [0.2, 0.25) is 0 Å². The Bertz CT molecular complexity index is 763. The molecule has 1 saturated heterocycles. The third-order valence-electron chi connectivity index (χ3n) is 4.58. The van der Waals surface area contributed by atoms with E-state index in [0.29, 0.717) is 6.04 Å². The second kappa shape index (κ2) is 9.75. The minimum absolute atomic E-state index is 0.0887. The molecule has 1 aliphatic heterocycles. The van der Waals surface area contributed by atoms with E-state index in [2.05, 4.69) is 51.7 Å². The van der Waals surface area contributed by atoms with Crippen molar-refractivity contribution in [2.24, 2.45) is 0 Å². The van der Waals surface area contributed by atoms with Gasteiger partial charge in [-0.05, 0) is 43.1 Å². The number of likely N-dealkylation sites (tertiary alicyclic amines) is 1. The number of rotatable bonds is 6. The predicted octanol–water partition coefficient (Wildman–Crippen LogP) is 2.85. The van der Waals surface area contributed by atoms with Crippen molar-refractivity contribution in [3.8, 4) is 17.6 Å². The van der Waals surface area contributed by atoms with E-state index in [9.17, 15) is 0 Å². The molecule has 4 nitrogen and oxygen atoms in total. The number of thiophene rings is 1. The fraction of sp³-hybridized carbons (Fsp3) is 0.429. The first-order chi connectivity index (χ1) is 12.8. The number of methoxy groups -OCH3 is 1. The topological polar surface area (TPSA) is 44.7 Å². The second-order valence-corrected chi connectivity index (χ2v) is 7.56. The Morgan fingerprint density at radius 1 is 1.38 bits per heavy atom. The first-order valence-corrected chi connectivity index (χ1v) is 9.90. The fourth-order valence-corrected chi connectivity index (χ4v) is 4.09. The summed E-state index contributed by atoms with van der Waals surface area (Å²) in [7, 11) is 1.71. The molecular formula is C21H26N2O2S. The average molecular weight is 371 g/mol. The van der Waals surface area contributed by atoms with E-state index in [1.54, 1.807) is 18.4 Å². The standard InChI is InChI=1S/C21H26N2O2S/c1-25-20-8-2-5-17(11-20)14-23-9-3-7-19(15-23)22-13-21-12-18(16-26-21)6-4-10-24/h2,5,8,11-12,16,19,22,24H,3,7,9-10,13-15H2,1H3. The molecule has 2 N–H and O–H groups in total. The van der Waals surface area contributed by atoms with Gasteiger partial charge in [-0.1, -0.05) is 24.0 Å². The molecule has 0 amide bonds. The average Bonchev–Trinajstić information content (AvgIpc) is 3.13. The molecule has 1 aliphatic rings. The molecule has 3 rings (SSSR count). The smallest absolute Gasteiger partial charge is 0.119 e. The number of hydrogen-bond donors (Lipinski definition) is 2. The van der Waals surface area contributed by atoms with Crippen LogP contribution < -0.4 is 10.1 Å². The summed E-state index contributed by atoms with van der Waals surface area (Å²) in [4.78, 5) is 3.81. The molecule has 26 heavy (non-hydrogen) atoms. The summed E-state index contributed by atoms with van der Waals surface area (Å²) in [5, 5.41) is 14.5. The van der Waals surface area contributed by atoms with Gasteiger partial charge in [0.2, 0.25) is 0 Å². The van der Waals surface area contributed by atoms with Crippen molar-refractivity contribution >= 4 is 11.3 Å². The maximum atomic E-state index is 8.77. The maximum Gasteiger partial charge on any atom is 0.119 e. The molecule has 0 spiro atoms. The van der Waals surface area contributed by atoms with Crippen LogP contribution in [0.3, 0.4) is 0 Å². The Morgan fingerprint density at radius 2 is 2.31 bits per heavy atom. The van der Waals surface area contributed by atoms with Crippen LogP contribution in [-0.4, -0.2) is 42.9 Å². The van der Waals surface area contributed by atoms with Gasteiger partial charge < -0.3 is 15.2 Å². The van der Waals surface area contributed by atoms with Crippen LogP contribution >= 0.6 is 11.3 Å². The molecule has 1 aromatic carbocycles. The van der Waals surface area contributed by atoms with Crippen molar-refractivity contribution < 1.29 is 9.84 Å². The van der Waals surface area contributed by atoms with Crippen LogP contribution in [-0.2, 0) is 13.1 Å². The largest absolute Gasteiger partial charge is 0.497 e.